The highest BCUT2D eigenvalue weighted by Gasteiger charge is 2.16. The number of hydrogen-bond donors (Lipinski definition) is 0. The van der Waals surface area contributed by atoms with Crippen molar-refractivity contribution in [1.82, 2.24) is 9.13 Å². The van der Waals surface area contributed by atoms with Gasteiger partial charge >= 0.3 is 0 Å². The number of aryl methyl sites for hydroxylation is 1. The molecule has 0 aliphatic carbocycles. The predicted octanol–water partition coefficient (Wildman–Crippen LogP) is 12.7. The van der Waals surface area contributed by atoms with Gasteiger partial charge in [0.2, 0.25) is 0 Å². The molecule has 0 N–H and O–H groups in total. The normalized spacial score (nSPS) is 11.8. The molecule has 2 aromatic heterocycles. The molecule has 0 fully saturated rings. The third-order valence-corrected chi connectivity index (χ3v) is 10.2. The molecule has 8 aromatic carbocycles. The van der Waals surface area contributed by atoms with E-state index in [0.29, 0.717) is 0 Å². The second-order valence-corrected chi connectivity index (χ2v) is 13.1. The largest absolute Gasteiger partial charge is 0.309 e. The maximum absolute atomic E-state index is 2.40. The van der Waals surface area contributed by atoms with E-state index >= 15 is 0 Å². The summed E-state index contributed by atoms with van der Waals surface area (Å²) in [4.78, 5) is 0. The van der Waals surface area contributed by atoms with Gasteiger partial charge < -0.3 is 9.13 Å². The van der Waals surface area contributed by atoms with E-state index in [1.54, 1.807) is 0 Å². The Morgan fingerprint density at radius 3 is 1.33 bits per heavy atom. The number of aromatic nitrogens is 2. The summed E-state index contributed by atoms with van der Waals surface area (Å²) in [5.41, 5.74) is 13.4. The number of nitrogens with zero attached hydrogens (tertiary/aromatic N) is 2. The second kappa shape index (κ2) is 10.8. The molecule has 0 atom stereocenters. The van der Waals surface area contributed by atoms with Crippen LogP contribution in [0.5, 0.6) is 0 Å². The summed E-state index contributed by atoms with van der Waals surface area (Å²) in [7, 11) is 0. The summed E-state index contributed by atoms with van der Waals surface area (Å²) in [5, 5.41) is 7.58. The van der Waals surface area contributed by atoms with Crippen molar-refractivity contribution < 1.29 is 0 Å². The smallest absolute Gasteiger partial charge is 0.0541 e. The van der Waals surface area contributed by atoms with Gasteiger partial charge in [-0.25, -0.2) is 0 Å². The number of para-hydroxylation sites is 2. The molecular weight excluding hydrogens is 593 g/mol. The van der Waals surface area contributed by atoms with E-state index in [0.717, 1.165) is 5.69 Å². The van der Waals surface area contributed by atoms with E-state index in [1.807, 2.05) is 0 Å². The zero-order valence-corrected chi connectivity index (χ0v) is 27.1. The third-order valence-electron chi connectivity index (χ3n) is 10.2. The van der Waals surface area contributed by atoms with Crippen LogP contribution < -0.4 is 0 Å². The van der Waals surface area contributed by atoms with Crippen LogP contribution in [0.4, 0.5) is 0 Å². The first-order valence-corrected chi connectivity index (χ1v) is 16.9. The van der Waals surface area contributed by atoms with Crippen LogP contribution >= 0.6 is 0 Å². The fourth-order valence-electron chi connectivity index (χ4n) is 7.73. The minimum Gasteiger partial charge on any atom is -0.309 e. The minimum atomic E-state index is 1.16. The molecule has 230 valence electrons. The molecule has 10 rings (SSSR count). The fraction of sp³-hybridized carbons (Fsp3) is 0.0213. The minimum absolute atomic E-state index is 1.16. The first-order chi connectivity index (χ1) is 24.2. The van der Waals surface area contributed by atoms with Crippen molar-refractivity contribution in [2.45, 2.75) is 6.92 Å². The Balaban J connectivity index is 1.09. The zero-order valence-electron chi connectivity index (χ0n) is 27.1. The van der Waals surface area contributed by atoms with Crippen molar-refractivity contribution in [3.05, 3.63) is 181 Å². The van der Waals surface area contributed by atoms with Gasteiger partial charge in [0, 0.05) is 32.9 Å². The lowest BCUT2D eigenvalue weighted by molar-refractivity contribution is 1.17. The number of benzene rings is 8. The summed E-state index contributed by atoms with van der Waals surface area (Å²) in [5.74, 6) is 0. The SMILES string of the molecule is Cc1ccc(-n2c3ccccc3c3cc(-c4ccc5c(c4)c4ccccc4n5-c4ccc(-c5ccc6ccccc6c5)cc4)ccc32)cc1. The number of fused-ring (bicyclic) bond motifs is 7. The highest BCUT2D eigenvalue weighted by atomic mass is 15.0. The first kappa shape index (κ1) is 27.7. The summed E-state index contributed by atoms with van der Waals surface area (Å²) in [6, 6.07) is 64.5. The summed E-state index contributed by atoms with van der Waals surface area (Å²) < 4.78 is 4.78. The van der Waals surface area contributed by atoms with Crippen molar-refractivity contribution >= 4 is 54.4 Å². The molecule has 0 saturated heterocycles. The van der Waals surface area contributed by atoms with Crippen molar-refractivity contribution in [3.8, 4) is 33.6 Å². The van der Waals surface area contributed by atoms with Crippen molar-refractivity contribution in [2.75, 3.05) is 0 Å². The van der Waals surface area contributed by atoms with Gasteiger partial charge in [0.05, 0.1) is 22.1 Å². The summed E-state index contributed by atoms with van der Waals surface area (Å²) in [6.07, 6.45) is 0. The van der Waals surface area contributed by atoms with Gasteiger partial charge in [-0.15, -0.1) is 0 Å². The van der Waals surface area contributed by atoms with Crippen LogP contribution in [0, 0.1) is 6.92 Å². The van der Waals surface area contributed by atoms with Crippen LogP contribution in [-0.4, -0.2) is 9.13 Å². The van der Waals surface area contributed by atoms with Gasteiger partial charge in [-0.2, -0.15) is 0 Å². The molecule has 0 radical (unpaired) electrons. The van der Waals surface area contributed by atoms with E-state index < -0.39 is 0 Å². The average Bonchev–Trinajstić information content (AvgIpc) is 3.67. The molecule has 2 heteroatoms. The molecule has 49 heavy (non-hydrogen) atoms. The molecule has 0 amide bonds. The molecule has 0 spiro atoms. The number of rotatable bonds is 4. The van der Waals surface area contributed by atoms with E-state index in [9.17, 15) is 0 Å². The Hall–Kier alpha value is -6.38. The van der Waals surface area contributed by atoms with Crippen LogP contribution in [0.15, 0.2) is 176 Å². The molecule has 0 aliphatic rings. The standard InChI is InChI=1S/C47H32N2/c1-31-14-22-38(23-15-31)48-44-12-6-4-10-40(44)42-29-36(20-26-46(42)48)37-21-27-47-43(30-37)41-11-5-7-13-45(41)49(47)39-24-18-33(19-25-39)35-17-16-32-8-2-3-9-34(32)28-35/h2-30H,1H3. The van der Waals surface area contributed by atoms with Crippen molar-refractivity contribution in [2.24, 2.45) is 0 Å². The molecule has 10 aromatic rings. The van der Waals surface area contributed by atoms with Crippen molar-refractivity contribution in [3.63, 3.8) is 0 Å². The Morgan fingerprint density at radius 2 is 0.735 bits per heavy atom. The van der Waals surface area contributed by atoms with Gasteiger partial charge in [-0.3, -0.25) is 0 Å². The van der Waals surface area contributed by atoms with E-state index in [2.05, 4.69) is 192 Å². The average molecular weight is 625 g/mol. The van der Waals surface area contributed by atoms with Gasteiger partial charge in [0.25, 0.3) is 0 Å². The second-order valence-electron chi connectivity index (χ2n) is 13.1. The predicted molar refractivity (Wildman–Crippen MR) is 208 cm³/mol. The topological polar surface area (TPSA) is 9.86 Å². The Morgan fingerprint density at radius 1 is 0.306 bits per heavy atom. The fourth-order valence-corrected chi connectivity index (χ4v) is 7.73. The lowest BCUT2D eigenvalue weighted by atomic mass is 10.0. The molecule has 2 nitrogen and oxygen atoms in total. The van der Waals surface area contributed by atoms with Crippen LogP contribution in [0.1, 0.15) is 5.56 Å². The van der Waals surface area contributed by atoms with E-state index in [4.69, 9.17) is 0 Å². The monoisotopic (exact) mass is 624 g/mol. The Bertz CT molecular complexity index is 2870. The first-order valence-electron chi connectivity index (χ1n) is 16.9. The number of hydrogen-bond acceptors (Lipinski definition) is 0. The van der Waals surface area contributed by atoms with Gasteiger partial charge in [0.1, 0.15) is 0 Å². The van der Waals surface area contributed by atoms with E-state index in [1.165, 1.54) is 87.9 Å². The zero-order chi connectivity index (χ0) is 32.5. The van der Waals surface area contributed by atoms with Crippen LogP contribution in [0.3, 0.4) is 0 Å². The Kier molecular flexibility index (Phi) is 6.13. The van der Waals surface area contributed by atoms with Crippen LogP contribution in [-0.2, 0) is 0 Å². The maximum atomic E-state index is 2.40. The quantitative estimate of drug-likeness (QED) is 0.184. The maximum Gasteiger partial charge on any atom is 0.0541 e. The lowest BCUT2D eigenvalue weighted by Crippen LogP contribution is -1.94. The van der Waals surface area contributed by atoms with Gasteiger partial charge in [0.15, 0.2) is 0 Å². The molecule has 0 aliphatic heterocycles. The van der Waals surface area contributed by atoms with Gasteiger partial charge in [-0.05, 0) is 107 Å². The van der Waals surface area contributed by atoms with Crippen LogP contribution in [0.2, 0.25) is 0 Å². The highest BCUT2D eigenvalue weighted by molar-refractivity contribution is 6.12. The lowest BCUT2D eigenvalue weighted by Gasteiger charge is -2.11. The summed E-state index contributed by atoms with van der Waals surface area (Å²) in [6.45, 7) is 2.14. The molecule has 0 unspecified atom stereocenters. The third kappa shape index (κ3) is 4.42. The van der Waals surface area contributed by atoms with Gasteiger partial charge in [-0.1, -0.05) is 115 Å². The highest BCUT2D eigenvalue weighted by Crippen LogP contribution is 2.38. The molecule has 0 saturated carbocycles. The molecule has 0 bridgehead atoms. The van der Waals surface area contributed by atoms with E-state index in [-0.39, 0.29) is 0 Å². The molecular formula is C47H32N2. The Labute approximate surface area is 284 Å². The van der Waals surface area contributed by atoms with Crippen LogP contribution in [0.25, 0.3) is 88.0 Å². The summed E-state index contributed by atoms with van der Waals surface area (Å²) >= 11 is 0. The van der Waals surface area contributed by atoms with Crippen molar-refractivity contribution in [1.29, 1.82) is 0 Å². The molecule has 2 heterocycles.